The molecule has 1 aromatic heterocycles. The van der Waals surface area contributed by atoms with E-state index in [1.807, 2.05) is 24.3 Å². The van der Waals surface area contributed by atoms with Gasteiger partial charge in [0.15, 0.2) is 5.78 Å². The van der Waals surface area contributed by atoms with E-state index in [-0.39, 0.29) is 11.7 Å². The molecule has 0 bridgehead atoms. The van der Waals surface area contributed by atoms with Gasteiger partial charge < -0.3 is 14.4 Å². The summed E-state index contributed by atoms with van der Waals surface area (Å²) >= 11 is 0. The molecule has 0 spiro atoms. The molecule has 1 atom stereocenters. The monoisotopic (exact) mass is 402 g/mol. The molecule has 0 radical (unpaired) electrons. The number of carbonyl (C=O) groups is 2. The molecule has 30 heavy (non-hydrogen) atoms. The average molecular weight is 402 g/mol. The van der Waals surface area contributed by atoms with Crippen LogP contribution in [0.4, 0.5) is 0 Å². The minimum Gasteiger partial charge on any atom is -0.492 e. The summed E-state index contributed by atoms with van der Waals surface area (Å²) < 4.78 is 12.0. The largest absolute Gasteiger partial charge is 0.492 e. The lowest BCUT2D eigenvalue weighted by molar-refractivity contribution is 0.0827. The SMILES string of the molecule is CN(C)C(=O)c1ccc([C@H](Oc2ccc3c(c2)OCCC3=O)c2ccncc2)cc1. The van der Waals surface area contributed by atoms with Crippen molar-refractivity contribution in [2.24, 2.45) is 0 Å². The summed E-state index contributed by atoms with van der Waals surface area (Å²) in [7, 11) is 3.45. The maximum Gasteiger partial charge on any atom is 0.253 e. The van der Waals surface area contributed by atoms with E-state index in [2.05, 4.69) is 4.98 Å². The van der Waals surface area contributed by atoms with Gasteiger partial charge in [0.1, 0.15) is 17.6 Å². The van der Waals surface area contributed by atoms with Crippen LogP contribution in [-0.2, 0) is 0 Å². The number of fused-ring (bicyclic) bond motifs is 1. The molecule has 3 aromatic rings. The van der Waals surface area contributed by atoms with E-state index < -0.39 is 6.10 Å². The number of ether oxygens (including phenoxy) is 2. The third kappa shape index (κ3) is 4.03. The first-order valence-corrected chi connectivity index (χ1v) is 9.71. The number of hydrogen-bond donors (Lipinski definition) is 0. The van der Waals surface area contributed by atoms with E-state index in [0.29, 0.717) is 35.7 Å². The zero-order chi connectivity index (χ0) is 21.1. The van der Waals surface area contributed by atoms with E-state index >= 15 is 0 Å². The van der Waals surface area contributed by atoms with E-state index in [0.717, 1.165) is 11.1 Å². The van der Waals surface area contributed by atoms with Crippen LogP contribution in [0.25, 0.3) is 0 Å². The molecule has 1 aliphatic heterocycles. The first-order chi connectivity index (χ1) is 14.5. The number of aromatic nitrogens is 1. The van der Waals surface area contributed by atoms with Gasteiger partial charge in [-0.05, 0) is 47.5 Å². The zero-order valence-corrected chi connectivity index (χ0v) is 16.9. The quantitative estimate of drug-likeness (QED) is 0.647. The van der Waals surface area contributed by atoms with Gasteiger partial charge in [-0.25, -0.2) is 0 Å². The van der Waals surface area contributed by atoms with Crippen molar-refractivity contribution in [3.63, 3.8) is 0 Å². The second-order valence-corrected chi connectivity index (χ2v) is 7.28. The molecule has 152 valence electrons. The van der Waals surface area contributed by atoms with Crippen LogP contribution in [0.15, 0.2) is 67.0 Å². The van der Waals surface area contributed by atoms with Gasteiger partial charge in [-0.2, -0.15) is 0 Å². The van der Waals surface area contributed by atoms with Gasteiger partial charge in [-0.3, -0.25) is 14.6 Å². The van der Waals surface area contributed by atoms with Crippen molar-refractivity contribution in [2.75, 3.05) is 20.7 Å². The third-order valence-electron chi connectivity index (χ3n) is 4.97. The third-order valence-corrected chi connectivity index (χ3v) is 4.97. The Morgan fingerprint density at radius 2 is 1.73 bits per heavy atom. The van der Waals surface area contributed by atoms with Crippen LogP contribution in [0.2, 0.25) is 0 Å². The maximum absolute atomic E-state index is 12.2. The predicted molar refractivity (Wildman–Crippen MR) is 112 cm³/mol. The molecule has 2 heterocycles. The van der Waals surface area contributed by atoms with Crippen molar-refractivity contribution in [3.05, 3.63) is 89.2 Å². The van der Waals surface area contributed by atoms with Crippen LogP contribution in [-0.4, -0.2) is 42.3 Å². The number of hydrogen-bond acceptors (Lipinski definition) is 5. The van der Waals surface area contributed by atoms with Crippen molar-refractivity contribution in [3.8, 4) is 11.5 Å². The molecule has 0 saturated heterocycles. The van der Waals surface area contributed by atoms with Crippen LogP contribution >= 0.6 is 0 Å². The summed E-state index contributed by atoms with van der Waals surface area (Å²) in [4.78, 5) is 29.9. The molecule has 0 fully saturated rings. The molecule has 0 saturated carbocycles. The standard InChI is InChI=1S/C24H22N2O4/c1-26(2)24(28)18-5-3-16(4-6-18)23(17-9-12-25-13-10-17)30-19-7-8-20-21(27)11-14-29-22(20)15-19/h3-10,12-13,15,23H,11,14H2,1-2H3/t23-/m0/s1. The predicted octanol–water partition coefficient (Wildman–Crippen LogP) is 3.92. The first-order valence-electron chi connectivity index (χ1n) is 9.71. The van der Waals surface area contributed by atoms with Gasteiger partial charge in [0.25, 0.3) is 5.91 Å². The number of Topliss-reactive ketones (excluding diaryl/α,β-unsaturated/α-hetero) is 1. The molecule has 2 aromatic carbocycles. The maximum atomic E-state index is 12.2. The average Bonchev–Trinajstić information content (AvgIpc) is 2.78. The Bertz CT molecular complexity index is 1060. The Balaban J connectivity index is 1.66. The summed E-state index contributed by atoms with van der Waals surface area (Å²) in [6.45, 7) is 0.379. The fraction of sp³-hybridized carbons (Fsp3) is 0.208. The highest BCUT2D eigenvalue weighted by atomic mass is 16.5. The van der Waals surface area contributed by atoms with Crippen LogP contribution in [0.1, 0.15) is 44.4 Å². The Morgan fingerprint density at radius 3 is 2.43 bits per heavy atom. The molecule has 1 aliphatic rings. The molecule has 6 nitrogen and oxygen atoms in total. The van der Waals surface area contributed by atoms with Crippen molar-refractivity contribution in [1.82, 2.24) is 9.88 Å². The van der Waals surface area contributed by atoms with Gasteiger partial charge in [-0.15, -0.1) is 0 Å². The Labute approximate surface area is 175 Å². The van der Waals surface area contributed by atoms with E-state index in [1.54, 1.807) is 61.7 Å². The minimum atomic E-state index is -0.408. The number of carbonyl (C=O) groups excluding carboxylic acids is 2. The van der Waals surface area contributed by atoms with Gasteiger partial charge in [0.2, 0.25) is 0 Å². The Morgan fingerprint density at radius 1 is 1.03 bits per heavy atom. The molecule has 0 aliphatic carbocycles. The van der Waals surface area contributed by atoms with Crippen LogP contribution in [0.5, 0.6) is 11.5 Å². The molecule has 0 unspecified atom stereocenters. The number of pyridine rings is 1. The molecular formula is C24H22N2O4. The fourth-order valence-electron chi connectivity index (χ4n) is 3.38. The summed E-state index contributed by atoms with van der Waals surface area (Å²) in [5, 5.41) is 0. The van der Waals surface area contributed by atoms with Crippen molar-refractivity contribution in [1.29, 1.82) is 0 Å². The van der Waals surface area contributed by atoms with Crippen LogP contribution in [0, 0.1) is 0 Å². The topological polar surface area (TPSA) is 68.7 Å². The summed E-state index contributed by atoms with van der Waals surface area (Å²) in [5.41, 5.74) is 3.01. The van der Waals surface area contributed by atoms with E-state index in [4.69, 9.17) is 9.47 Å². The van der Waals surface area contributed by atoms with Crippen molar-refractivity contribution >= 4 is 11.7 Å². The molecule has 1 amide bonds. The normalized spacial score (nSPS) is 13.7. The van der Waals surface area contributed by atoms with Gasteiger partial charge >= 0.3 is 0 Å². The summed E-state index contributed by atoms with van der Waals surface area (Å²) in [6, 6.07) is 16.4. The first kappa shape index (κ1) is 19.6. The van der Waals surface area contributed by atoms with Gasteiger partial charge in [-0.1, -0.05) is 12.1 Å². The molecule has 0 N–H and O–H groups in total. The smallest absolute Gasteiger partial charge is 0.253 e. The Kier molecular flexibility index (Phi) is 5.48. The highest BCUT2D eigenvalue weighted by molar-refractivity contribution is 5.99. The summed E-state index contributed by atoms with van der Waals surface area (Å²) in [5.74, 6) is 1.16. The lowest BCUT2D eigenvalue weighted by Crippen LogP contribution is -2.21. The lowest BCUT2D eigenvalue weighted by atomic mass is 10.0. The number of amides is 1. The van der Waals surface area contributed by atoms with E-state index in [9.17, 15) is 9.59 Å². The van der Waals surface area contributed by atoms with Gasteiger partial charge in [0, 0.05) is 44.5 Å². The fourth-order valence-corrected chi connectivity index (χ4v) is 3.38. The zero-order valence-electron chi connectivity index (χ0n) is 16.9. The van der Waals surface area contributed by atoms with Crippen molar-refractivity contribution < 1.29 is 19.1 Å². The Hall–Kier alpha value is -3.67. The molecular weight excluding hydrogens is 380 g/mol. The second-order valence-electron chi connectivity index (χ2n) is 7.28. The number of rotatable bonds is 5. The molecule has 4 rings (SSSR count). The number of nitrogens with zero attached hydrogens (tertiary/aromatic N) is 2. The number of benzene rings is 2. The van der Waals surface area contributed by atoms with Crippen LogP contribution < -0.4 is 9.47 Å². The second kappa shape index (κ2) is 8.37. The number of ketones is 1. The van der Waals surface area contributed by atoms with Crippen LogP contribution in [0.3, 0.4) is 0 Å². The summed E-state index contributed by atoms with van der Waals surface area (Å²) in [6.07, 6.45) is 3.41. The highest BCUT2D eigenvalue weighted by Crippen LogP contribution is 2.33. The van der Waals surface area contributed by atoms with E-state index in [1.165, 1.54) is 0 Å². The minimum absolute atomic E-state index is 0.0561. The lowest BCUT2D eigenvalue weighted by Gasteiger charge is -2.22. The highest BCUT2D eigenvalue weighted by Gasteiger charge is 2.21. The molecule has 6 heteroatoms. The van der Waals surface area contributed by atoms with Crippen molar-refractivity contribution in [2.45, 2.75) is 12.5 Å². The van der Waals surface area contributed by atoms with Gasteiger partial charge in [0.05, 0.1) is 12.2 Å².